The van der Waals surface area contributed by atoms with E-state index in [4.69, 9.17) is 0 Å². The summed E-state index contributed by atoms with van der Waals surface area (Å²) in [5, 5.41) is 6.24. The third kappa shape index (κ3) is 3.97. The summed E-state index contributed by atoms with van der Waals surface area (Å²) in [5.74, 6) is 1.84. The second-order valence-electron chi connectivity index (χ2n) is 5.38. The van der Waals surface area contributed by atoms with Gasteiger partial charge in [0.2, 0.25) is 5.91 Å². The van der Waals surface area contributed by atoms with Gasteiger partial charge in [-0.2, -0.15) is 0 Å². The fourth-order valence-electron chi connectivity index (χ4n) is 2.00. The summed E-state index contributed by atoms with van der Waals surface area (Å²) in [6.45, 7) is 4.94. The Morgan fingerprint density at radius 1 is 1.47 bits per heavy atom. The summed E-state index contributed by atoms with van der Waals surface area (Å²) in [5.41, 5.74) is 1.16. The van der Waals surface area contributed by atoms with E-state index in [0.29, 0.717) is 6.54 Å². The number of carbonyl (C=O) groups is 1. The highest BCUT2D eigenvalue weighted by atomic mass is 79.9. The lowest BCUT2D eigenvalue weighted by molar-refractivity contribution is -0.122. The molecule has 3 nitrogen and oxygen atoms in total. The molecule has 1 saturated heterocycles. The Balaban J connectivity index is 1.93. The number of halogens is 1. The largest absolute Gasteiger partial charge is 0.354 e. The summed E-state index contributed by atoms with van der Waals surface area (Å²) in [6.07, 6.45) is 0. The maximum absolute atomic E-state index is 12.0. The molecule has 2 rings (SSSR count). The van der Waals surface area contributed by atoms with E-state index >= 15 is 0 Å². The Morgan fingerprint density at radius 2 is 2.16 bits per heavy atom. The van der Waals surface area contributed by atoms with Crippen molar-refractivity contribution in [3.63, 3.8) is 0 Å². The Morgan fingerprint density at radius 3 is 2.74 bits per heavy atom. The van der Waals surface area contributed by atoms with E-state index in [1.165, 1.54) is 5.56 Å². The Hall–Kier alpha value is -0.520. The molecular weight excluding hydrogens is 324 g/mol. The molecule has 0 saturated carbocycles. The van der Waals surface area contributed by atoms with Gasteiger partial charge in [-0.25, -0.2) is 0 Å². The molecule has 1 unspecified atom stereocenters. The lowest BCUT2D eigenvalue weighted by Crippen LogP contribution is -2.46. The summed E-state index contributed by atoms with van der Waals surface area (Å²) < 4.78 is 1.07. The van der Waals surface area contributed by atoms with Crippen LogP contribution in [0.2, 0.25) is 0 Å². The van der Waals surface area contributed by atoms with E-state index in [1.54, 1.807) is 11.8 Å². The van der Waals surface area contributed by atoms with Gasteiger partial charge in [-0.1, -0.05) is 41.9 Å². The molecule has 1 aliphatic heterocycles. The quantitative estimate of drug-likeness (QED) is 0.883. The van der Waals surface area contributed by atoms with Gasteiger partial charge >= 0.3 is 0 Å². The van der Waals surface area contributed by atoms with E-state index < -0.39 is 0 Å². The van der Waals surface area contributed by atoms with E-state index in [1.807, 2.05) is 12.1 Å². The van der Waals surface area contributed by atoms with Crippen molar-refractivity contribution >= 4 is 33.6 Å². The maximum atomic E-state index is 12.0. The number of hydrogen-bond donors (Lipinski definition) is 2. The minimum absolute atomic E-state index is 0.0364. The second-order valence-corrected chi connectivity index (χ2v) is 7.33. The number of benzene rings is 1. The predicted octanol–water partition coefficient (Wildman–Crippen LogP) is 2.51. The van der Waals surface area contributed by atoms with E-state index in [0.717, 1.165) is 16.1 Å². The molecule has 0 aliphatic carbocycles. The van der Waals surface area contributed by atoms with Gasteiger partial charge < -0.3 is 5.32 Å². The van der Waals surface area contributed by atoms with Gasteiger partial charge in [-0.15, -0.1) is 11.8 Å². The zero-order valence-corrected chi connectivity index (χ0v) is 13.6. The van der Waals surface area contributed by atoms with Gasteiger partial charge in [0.1, 0.15) is 0 Å². The minimum atomic E-state index is -0.0674. The van der Waals surface area contributed by atoms with Crippen LogP contribution in [-0.4, -0.2) is 30.1 Å². The van der Waals surface area contributed by atoms with Crippen LogP contribution in [0.25, 0.3) is 0 Å². The van der Waals surface area contributed by atoms with Crippen LogP contribution in [-0.2, 0) is 10.2 Å². The van der Waals surface area contributed by atoms with Crippen molar-refractivity contribution in [2.75, 3.05) is 18.2 Å². The Labute approximate surface area is 127 Å². The van der Waals surface area contributed by atoms with E-state index in [-0.39, 0.29) is 17.4 Å². The van der Waals surface area contributed by atoms with Crippen molar-refractivity contribution in [2.45, 2.75) is 25.3 Å². The number of amides is 1. The predicted molar refractivity (Wildman–Crippen MR) is 84.4 cm³/mol. The molecule has 1 fully saturated rings. The lowest BCUT2D eigenvalue weighted by Gasteiger charge is -2.26. The molecule has 1 atom stereocenters. The van der Waals surface area contributed by atoms with Crippen LogP contribution in [0.4, 0.5) is 0 Å². The first-order valence-corrected chi connectivity index (χ1v) is 8.29. The summed E-state index contributed by atoms with van der Waals surface area (Å²) in [6, 6.07) is 8.23. The molecule has 0 radical (unpaired) electrons. The van der Waals surface area contributed by atoms with Crippen molar-refractivity contribution in [3.8, 4) is 0 Å². The van der Waals surface area contributed by atoms with Gasteiger partial charge in [0.25, 0.3) is 0 Å². The van der Waals surface area contributed by atoms with Crippen LogP contribution in [0.1, 0.15) is 19.4 Å². The van der Waals surface area contributed by atoms with Crippen LogP contribution in [0.5, 0.6) is 0 Å². The molecule has 5 heteroatoms. The number of rotatable bonds is 4. The van der Waals surface area contributed by atoms with Crippen LogP contribution in [0.15, 0.2) is 28.7 Å². The van der Waals surface area contributed by atoms with E-state index in [2.05, 4.69) is 52.5 Å². The highest BCUT2D eigenvalue weighted by molar-refractivity contribution is 9.10. The van der Waals surface area contributed by atoms with Crippen LogP contribution < -0.4 is 10.6 Å². The van der Waals surface area contributed by atoms with Crippen molar-refractivity contribution in [3.05, 3.63) is 34.3 Å². The monoisotopic (exact) mass is 342 g/mol. The van der Waals surface area contributed by atoms with Crippen molar-refractivity contribution in [1.29, 1.82) is 0 Å². The number of carbonyl (C=O) groups excluding carboxylic acids is 1. The molecule has 1 aliphatic rings. The molecule has 19 heavy (non-hydrogen) atoms. The van der Waals surface area contributed by atoms with Crippen molar-refractivity contribution in [1.82, 2.24) is 10.6 Å². The second kappa shape index (κ2) is 6.29. The lowest BCUT2D eigenvalue weighted by atomic mass is 9.84. The first-order chi connectivity index (χ1) is 8.99. The van der Waals surface area contributed by atoms with Crippen molar-refractivity contribution < 1.29 is 4.79 Å². The average molecular weight is 343 g/mol. The van der Waals surface area contributed by atoms with Crippen LogP contribution in [0.3, 0.4) is 0 Å². The Kier molecular flexibility index (Phi) is 4.92. The molecular formula is C14H19BrN2OS. The van der Waals surface area contributed by atoms with Gasteiger partial charge in [-0.05, 0) is 17.7 Å². The highest BCUT2D eigenvalue weighted by Gasteiger charge is 2.26. The molecule has 2 N–H and O–H groups in total. The third-order valence-corrected chi connectivity index (χ3v) is 4.83. The standard InChI is InChI=1S/C14H19BrN2OS/c1-14(2,10-3-5-11(15)6-4-10)8-16-13(18)12-7-19-9-17-12/h3-6,12,17H,7-9H2,1-2H3,(H,16,18). The third-order valence-electron chi connectivity index (χ3n) is 3.36. The first kappa shape index (κ1) is 14.9. The first-order valence-electron chi connectivity index (χ1n) is 6.34. The maximum Gasteiger partial charge on any atom is 0.238 e. The van der Waals surface area contributed by atoms with Gasteiger partial charge in [-0.3, -0.25) is 10.1 Å². The molecule has 1 aromatic rings. The topological polar surface area (TPSA) is 41.1 Å². The SMILES string of the molecule is CC(C)(CNC(=O)C1CSCN1)c1ccc(Br)cc1. The van der Waals surface area contributed by atoms with Gasteiger partial charge in [0.05, 0.1) is 6.04 Å². The number of thioether (sulfide) groups is 1. The van der Waals surface area contributed by atoms with Crippen molar-refractivity contribution in [2.24, 2.45) is 0 Å². The molecule has 1 heterocycles. The minimum Gasteiger partial charge on any atom is -0.354 e. The summed E-state index contributed by atoms with van der Waals surface area (Å²) >= 11 is 5.20. The molecule has 1 amide bonds. The Bertz CT molecular complexity index is 441. The molecule has 0 spiro atoms. The normalized spacial score (nSPS) is 19.4. The van der Waals surface area contributed by atoms with Gasteiger partial charge in [0.15, 0.2) is 0 Å². The number of nitrogens with one attached hydrogen (secondary N) is 2. The highest BCUT2D eigenvalue weighted by Crippen LogP contribution is 2.24. The zero-order valence-electron chi connectivity index (χ0n) is 11.2. The van der Waals surface area contributed by atoms with Gasteiger partial charge in [0, 0.05) is 28.1 Å². The zero-order chi connectivity index (χ0) is 13.9. The smallest absolute Gasteiger partial charge is 0.238 e. The summed E-state index contributed by atoms with van der Waals surface area (Å²) in [7, 11) is 0. The van der Waals surface area contributed by atoms with Crippen LogP contribution in [0, 0.1) is 0 Å². The summed E-state index contributed by atoms with van der Waals surface area (Å²) in [4.78, 5) is 12.0. The fraction of sp³-hybridized carbons (Fsp3) is 0.500. The average Bonchev–Trinajstić information content (AvgIpc) is 2.90. The number of hydrogen-bond acceptors (Lipinski definition) is 3. The molecule has 1 aromatic carbocycles. The van der Waals surface area contributed by atoms with E-state index in [9.17, 15) is 4.79 Å². The molecule has 0 aromatic heterocycles. The fourth-order valence-corrected chi connectivity index (χ4v) is 3.20. The van der Waals surface area contributed by atoms with Crippen LogP contribution >= 0.6 is 27.7 Å². The molecule has 104 valence electrons. The molecule has 0 bridgehead atoms.